The zero-order valence-corrected chi connectivity index (χ0v) is 17.8. The Labute approximate surface area is 181 Å². The van der Waals surface area contributed by atoms with Gasteiger partial charge in [-0.1, -0.05) is 24.0 Å². The van der Waals surface area contributed by atoms with E-state index in [1.54, 1.807) is 61.1 Å². The smallest absolute Gasteiger partial charge is 0.264 e. The SMILES string of the molecule is COc1ccc(S(=O)(=O)Nc2ccccc2C#Cc2cncc(C)c2)c2ncccc12. The highest BCUT2D eigenvalue weighted by atomic mass is 32.2. The Bertz CT molecular complexity index is 1440. The van der Waals surface area contributed by atoms with Crippen molar-refractivity contribution in [1.82, 2.24) is 9.97 Å². The van der Waals surface area contributed by atoms with E-state index in [2.05, 4.69) is 26.5 Å². The number of sulfonamides is 1. The van der Waals surface area contributed by atoms with Crippen LogP contribution < -0.4 is 9.46 Å². The van der Waals surface area contributed by atoms with Gasteiger partial charge in [-0.2, -0.15) is 0 Å². The summed E-state index contributed by atoms with van der Waals surface area (Å²) in [6.07, 6.45) is 4.97. The molecule has 0 amide bonds. The number of benzene rings is 2. The van der Waals surface area contributed by atoms with E-state index in [0.717, 1.165) is 11.1 Å². The van der Waals surface area contributed by atoms with Gasteiger partial charge < -0.3 is 4.74 Å². The van der Waals surface area contributed by atoms with Gasteiger partial charge in [0, 0.05) is 35.1 Å². The predicted octanol–water partition coefficient (Wildman–Crippen LogP) is 4.15. The molecule has 2 heterocycles. The Hall–Kier alpha value is -3.89. The molecular formula is C24H19N3O3S. The van der Waals surface area contributed by atoms with E-state index < -0.39 is 10.0 Å². The molecule has 0 aliphatic carbocycles. The van der Waals surface area contributed by atoms with Gasteiger partial charge in [-0.25, -0.2) is 8.42 Å². The second kappa shape index (κ2) is 8.46. The fourth-order valence-corrected chi connectivity index (χ4v) is 4.40. The highest BCUT2D eigenvalue weighted by molar-refractivity contribution is 7.93. The van der Waals surface area contributed by atoms with Crippen LogP contribution in [0.4, 0.5) is 5.69 Å². The van der Waals surface area contributed by atoms with E-state index in [1.807, 2.05) is 13.0 Å². The van der Waals surface area contributed by atoms with Crippen LogP contribution in [0.15, 0.2) is 78.1 Å². The highest BCUT2D eigenvalue weighted by Gasteiger charge is 2.21. The van der Waals surface area contributed by atoms with Crippen molar-refractivity contribution in [3.63, 3.8) is 0 Å². The summed E-state index contributed by atoms with van der Waals surface area (Å²) in [5, 5.41) is 0.618. The molecule has 6 nitrogen and oxygen atoms in total. The lowest BCUT2D eigenvalue weighted by atomic mass is 10.1. The number of nitrogens with one attached hydrogen (secondary N) is 1. The fraction of sp³-hybridized carbons (Fsp3) is 0.0833. The molecule has 2 aromatic heterocycles. The lowest BCUT2D eigenvalue weighted by Crippen LogP contribution is -2.14. The third-order valence-corrected chi connectivity index (χ3v) is 5.99. The number of ether oxygens (including phenoxy) is 1. The molecule has 0 unspecified atom stereocenters. The van der Waals surface area contributed by atoms with Crippen LogP contribution in [0.5, 0.6) is 5.75 Å². The first-order valence-corrected chi connectivity index (χ1v) is 10.9. The molecule has 154 valence electrons. The quantitative estimate of drug-likeness (QED) is 0.493. The number of rotatable bonds is 4. The van der Waals surface area contributed by atoms with Crippen molar-refractivity contribution in [1.29, 1.82) is 0 Å². The molecule has 1 N–H and O–H groups in total. The average molecular weight is 430 g/mol. The van der Waals surface area contributed by atoms with E-state index >= 15 is 0 Å². The maximum atomic E-state index is 13.2. The van der Waals surface area contributed by atoms with Crippen molar-refractivity contribution in [3.8, 4) is 17.6 Å². The third kappa shape index (κ3) is 4.34. The third-order valence-electron chi connectivity index (χ3n) is 4.59. The van der Waals surface area contributed by atoms with Crippen LogP contribution in [-0.4, -0.2) is 25.5 Å². The number of anilines is 1. The maximum absolute atomic E-state index is 13.2. The maximum Gasteiger partial charge on any atom is 0.264 e. The molecule has 0 bridgehead atoms. The Kier molecular flexibility index (Phi) is 5.56. The zero-order valence-electron chi connectivity index (χ0n) is 17.0. The van der Waals surface area contributed by atoms with Gasteiger partial charge in [0.25, 0.3) is 10.0 Å². The van der Waals surface area contributed by atoms with E-state index in [4.69, 9.17) is 4.74 Å². The molecule has 7 heteroatoms. The molecule has 0 aliphatic rings. The molecule has 0 aliphatic heterocycles. The van der Waals surface area contributed by atoms with Crippen LogP contribution in [0.2, 0.25) is 0 Å². The monoisotopic (exact) mass is 429 g/mol. The molecule has 4 rings (SSSR count). The number of aromatic nitrogens is 2. The minimum Gasteiger partial charge on any atom is -0.496 e. The first-order valence-electron chi connectivity index (χ1n) is 9.45. The van der Waals surface area contributed by atoms with Crippen molar-refractivity contribution in [2.24, 2.45) is 0 Å². The number of aryl methyl sites for hydroxylation is 1. The minimum absolute atomic E-state index is 0.0644. The van der Waals surface area contributed by atoms with Crippen LogP contribution in [-0.2, 0) is 10.0 Å². The summed E-state index contributed by atoms with van der Waals surface area (Å²) >= 11 is 0. The van der Waals surface area contributed by atoms with Gasteiger partial charge in [-0.3, -0.25) is 14.7 Å². The molecular weight excluding hydrogens is 410 g/mol. The minimum atomic E-state index is -3.93. The van der Waals surface area contributed by atoms with E-state index in [0.29, 0.717) is 27.9 Å². The summed E-state index contributed by atoms with van der Waals surface area (Å²) in [5.74, 6) is 6.63. The molecule has 0 saturated heterocycles. The van der Waals surface area contributed by atoms with E-state index in [1.165, 1.54) is 13.2 Å². The molecule has 0 fully saturated rings. The van der Waals surface area contributed by atoms with Crippen molar-refractivity contribution < 1.29 is 13.2 Å². The van der Waals surface area contributed by atoms with E-state index in [-0.39, 0.29) is 4.90 Å². The number of hydrogen-bond donors (Lipinski definition) is 1. The number of pyridine rings is 2. The standard InChI is InChI=1S/C24H19N3O3S/c1-17-14-18(16-25-15-17)9-10-19-6-3-4-8-21(19)27-31(28,29)23-12-11-22(30-2)20-7-5-13-26-24(20)23/h3-8,11-16,27H,1-2H3. The molecule has 0 spiro atoms. The number of methoxy groups -OCH3 is 1. The van der Waals surface area contributed by atoms with Gasteiger partial charge in [0.1, 0.15) is 10.6 Å². The molecule has 0 radical (unpaired) electrons. The number of hydrogen-bond acceptors (Lipinski definition) is 5. The first kappa shape index (κ1) is 20.4. The zero-order chi connectivity index (χ0) is 21.8. The Morgan fingerprint density at radius 1 is 1.00 bits per heavy atom. The Morgan fingerprint density at radius 3 is 2.65 bits per heavy atom. The predicted molar refractivity (Wildman–Crippen MR) is 120 cm³/mol. The largest absolute Gasteiger partial charge is 0.496 e. The van der Waals surface area contributed by atoms with Crippen LogP contribution in [0.1, 0.15) is 16.7 Å². The number of nitrogens with zero attached hydrogens (tertiary/aromatic N) is 2. The highest BCUT2D eigenvalue weighted by Crippen LogP contribution is 2.30. The molecule has 0 atom stereocenters. The number of para-hydroxylation sites is 1. The van der Waals surface area contributed by atoms with Gasteiger partial charge in [0.05, 0.1) is 18.3 Å². The average Bonchev–Trinajstić information content (AvgIpc) is 2.77. The molecule has 2 aromatic carbocycles. The van der Waals surface area contributed by atoms with Crippen LogP contribution in [0.3, 0.4) is 0 Å². The Balaban J connectivity index is 1.73. The van der Waals surface area contributed by atoms with Crippen molar-refractivity contribution in [2.75, 3.05) is 11.8 Å². The fourth-order valence-electron chi connectivity index (χ4n) is 3.16. The summed E-state index contributed by atoms with van der Waals surface area (Å²) in [6.45, 7) is 1.94. The van der Waals surface area contributed by atoms with Gasteiger partial charge in [0.2, 0.25) is 0 Å². The summed E-state index contributed by atoms with van der Waals surface area (Å²) < 4.78 is 34.5. The molecule has 0 saturated carbocycles. The summed E-state index contributed by atoms with van der Waals surface area (Å²) in [4.78, 5) is 8.46. The van der Waals surface area contributed by atoms with Gasteiger partial charge in [0.15, 0.2) is 0 Å². The van der Waals surface area contributed by atoms with Crippen molar-refractivity contribution in [2.45, 2.75) is 11.8 Å². The molecule has 4 aromatic rings. The molecule has 31 heavy (non-hydrogen) atoms. The first-order chi connectivity index (χ1) is 15.0. The van der Waals surface area contributed by atoms with Crippen LogP contribution in [0, 0.1) is 18.8 Å². The lowest BCUT2D eigenvalue weighted by molar-refractivity contribution is 0.419. The van der Waals surface area contributed by atoms with Crippen molar-refractivity contribution in [3.05, 3.63) is 89.9 Å². The van der Waals surface area contributed by atoms with Gasteiger partial charge in [-0.05, 0) is 55.0 Å². The van der Waals surface area contributed by atoms with Crippen molar-refractivity contribution >= 4 is 26.6 Å². The van der Waals surface area contributed by atoms with Gasteiger partial charge in [-0.15, -0.1) is 0 Å². The van der Waals surface area contributed by atoms with Crippen LogP contribution in [0.25, 0.3) is 10.9 Å². The second-order valence-electron chi connectivity index (χ2n) is 6.82. The normalized spacial score (nSPS) is 10.9. The summed E-state index contributed by atoms with van der Waals surface area (Å²) in [7, 11) is -2.39. The lowest BCUT2D eigenvalue weighted by Gasteiger charge is -2.13. The second-order valence-corrected chi connectivity index (χ2v) is 8.47. The topological polar surface area (TPSA) is 81.2 Å². The Morgan fingerprint density at radius 2 is 1.84 bits per heavy atom. The van der Waals surface area contributed by atoms with E-state index in [9.17, 15) is 8.42 Å². The van der Waals surface area contributed by atoms with Gasteiger partial charge >= 0.3 is 0 Å². The number of fused-ring (bicyclic) bond motifs is 1. The van der Waals surface area contributed by atoms with Crippen LogP contribution >= 0.6 is 0 Å². The summed E-state index contributed by atoms with van der Waals surface area (Å²) in [6, 6.07) is 15.5. The summed E-state index contributed by atoms with van der Waals surface area (Å²) in [5.41, 5.74) is 3.03.